The van der Waals surface area contributed by atoms with Gasteiger partial charge in [0.2, 0.25) is 0 Å². The highest BCUT2D eigenvalue weighted by Crippen LogP contribution is 2.09. The molecule has 92 valence electrons. The normalized spacial score (nSPS) is 10.3. The van der Waals surface area contributed by atoms with Crippen molar-refractivity contribution in [2.24, 2.45) is 0 Å². The molecule has 0 bridgehead atoms. The summed E-state index contributed by atoms with van der Waals surface area (Å²) in [4.78, 5) is 19.8. The maximum absolute atomic E-state index is 12.7. The number of aromatic nitrogens is 2. The van der Waals surface area contributed by atoms with Crippen molar-refractivity contribution < 1.29 is 9.18 Å². The molecule has 2 rings (SSSR count). The molecule has 0 atom stereocenters. The van der Waals surface area contributed by atoms with Gasteiger partial charge in [0, 0.05) is 30.8 Å². The number of carbonyl (C=O) groups excluding carboxylic acids is 1. The van der Waals surface area contributed by atoms with Crippen molar-refractivity contribution in [1.82, 2.24) is 9.97 Å². The Hall–Kier alpha value is -1.81. The van der Waals surface area contributed by atoms with Crippen molar-refractivity contribution in [1.29, 1.82) is 0 Å². The standard InChI is InChI=1S/C13H10ClFN2O/c14-10-7-16-13(17-8-10)6-5-12(18)9-1-3-11(15)4-2-9/h1-4,7-8H,5-6H2. The van der Waals surface area contributed by atoms with Crippen LogP contribution in [0, 0.1) is 5.82 Å². The predicted octanol–water partition coefficient (Wildman–Crippen LogP) is 3.08. The Kier molecular flexibility index (Phi) is 3.99. The van der Waals surface area contributed by atoms with Crippen LogP contribution in [-0.2, 0) is 6.42 Å². The van der Waals surface area contributed by atoms with Crippen LogP contribution >= 0.6 is 11.6 Å². The lowest BCUT2D eigenvalue weighted by atomic mass is 10.1. The lowest BCUT2D eigenvalue weighted by Crippen LogP contribution is -2.03. The van der Waals surface area contributed by atoms with Gasteiger partial charge >= 0.3 is 0 Å². The monoisotopic (exact) mass is 264 g/mol. The lowest BCUT2D eigenvalue weighted by Gasteiger charge is -2.01. The second-order valence-electron chi connectivity index (χ2n) is 3.75. The van der Waals surface area contributed by atoms with Crippen molar-refractivity contribution in [3.05, 3.63) is 58.9 Å². The second kappa shape index (κ2) is 5.69. The zero-order valence-corrected chi connectivity index (χ0v) is 10.2. The van der Waals surface area contributed by atoms with Crippen LogP contribution in [0.2, 0.25) is 5.02 Å². The molecule has 5 heteroatoms. The second-order valence-corrected chi connectivity index (χ2v) is 4.18. The van der Waals surface area contributed by atoms with E-state index in [1.807, 2.05) is 0 Å². The lowest BCUT2D eigenvalue weighted by molar-refractivity contribution is 0.0982. The third-order valence-corrected chi connectivity index (χ3v) is 2.61. The third-order valence-electron chi connectivity index (χ3n) is 2.42. The van der Waals surface area contributed by atoms with Gasteiger partial charge in [0.15, 0.2) is 5.78 Å². The number of halogens is 2. The molecule has 1 heterocycles. The Labute approximate surface area is 109 Å². The fraction of sp³-hybridized carbons (Fsp3) is 0.154. The molecule has 0 spiro atoms. The van der Waals surface area contributed by atoms with Gasteiger partial charge in [-0.2, -0.15) is 0 Å². The molecule has 1 aromatic heterocycles. The number of rotatable bonds is 4. The van der Waals surface area contributed by atoms with Crippen LogP contribution in [0.3, 0.4) is 0 Å². The minimum Gasteiger partial charge on any atom is -0.294 e. The van der Waals surface area contributed by atoms with Gasteiger partial charge in [0.05, 0.1) is 5.02 Å². The molecule has 0 aliphatic rings. The maximum Gasteiger partial charge on any atom is 0.163 e. The predicted molar refractivity (Wildman–Crippen MR) is 66.1 cm³/mol. The molecule has 0 saturated carbocycles. The highest BCUT2D eigenvalue weighted by molar-refractivity contribution is 6.30. The Morgan fingerprint density at radius 2 is 1.78 bits per heavy atom. The first kappa shape index (κ1) is 12.6. The summed E-state index contributed by atoms with van der Waals surface area (Å²) in [6.45, 7) is 0. The highest BCUT2D eigenvalue weighted by Gasteiger charge is 2.07. The average molecular weight is 265 g/mol. The van der Waals surface area contributed by atoms with E-state index < -0.39 is 0 Å². The van der Waals surface area contributed by atoms with Gasteiger partial charge in [-0.05, 0) is 24.3 Å². The molecule has 0 radical (unpaired) electrons. The Morgan fingerprint density at radius 3 is 2.39 bits per heavy atom. The first-order valence-corrected chi connectivity index (χ1v) is 5.78. The van der Waals surface area contributed by atoms with E-state index in [9.17, 15) is 9.18 Å². The van der Waals surface area contributed by atoms with Gasteiger partial charge in [-0.1, -0.05) is 11.6 Å². The van der Waals surface area contributed by atoms with E-state index in [0.717, 1.165) is 0 Å². The molecule has 1 aromatic carbocycles. The Morgan fingerprint density at radius 1 is 1.17 bits per heavy atom. The van der Waals surface area contributed by atoms with Crippen molar-refractivity contribution in [3.8, 4) is 0 Å². The van der Waals surface area contributed by atoms with Crippen molar-refractivity contribution in [2.45, 2.75) is 12.8 Å². The van der Waals surface area contributed by atoms with E-state index in [4.69, 9.17) is 11.6 Å². The van der Waals surface area contributed by atoms with Crippen molar-refractivity contribution in [2.75, 3.05) is 0 Å². The first-order valence-electron chi connectivity index (χ1n) is 5.40. The molecular formula is C13H10ClFN2O. The number of aryl methyl sites for hydroxylation is 1. The molecule has 0 unspecified atom stereocenters. The SMILES string of the molecule is O=C(CCc1ncc(Cl)cn1)c1ccc(F)cc1. The van der Waals surface area contributed by atoms with Gasteiger partial charge < -0.3 is 0 Å². The largest absolute Gasteiger partial charge is 0.294 e. The summed E-state index contributed by atoms with van der Waals surface area (Å²) in [7, 11) is 0. The number of nitrogens with zero attached hydrogens (tertiary/aromatic N) is 2. The quantitative estimate of drug-likeness (QED) is 0.797. The number of ketones is 1. The molecule has 0 fully saturated rings. The molecule has 0 aliphatic carbocycles. The minimum atomic E-state index is -0.354. The highest BCUT2D eigenvalue weighted by atomic mass is 35.5. The van der Waals surface area contributed by atoms with Gasteiger partial charge in [0.1, 0.15) is 11.6 Å². The number of Topliss-reactive ketones (excluding diaryl/α,β-unsaturated/α-hetero) is 1. The van der Waals surface area contributed by atoms with Crippen LogP contribution in [0.1, 0.15) is 22.6 Å². The molecule has 3 nitrogen and oxygen atoms in total. The van der Waals surface area contributed by atoms with Crippen LogP contribution in [0.4, 0.5) is 4.39 Å². The molecule has 0 amide bonds. The van der Waals surface area contributed by atoms with Crippen molar-refractivity contribution in [3.63, 3.8) is 0 Å². The summed E-state index contributed by atoms with van der Waals surface area (Å²) in [6.07, 6.45) is 3.71. The Bertz CT molecular complexity index is 540. The summed E-state index contributed by atoms with van der Waals surface area (Å²) in [5.74, 6) is 0.149. The molecule has 2 aromatic rings. The fourth-order valence-corrected chi connectivity index (χ4v) is 1.57. The van der Waals surface area contributed by atoms with E-state index in [2.05, 4.69) is 9.97 Å². The van der Waals surface area contributed by atoms with Gasteiger partial charge in [-0.25, -0.2) is 14.4 Å². The smallest absolute Gasteiger partial charge is 0.163 e. The summed E-state index contributed by atoms with van der Waals surface area (Å²) < 4.78 is 12.7. The van der Waals surface area contributed by atoms with E-state index in [1.54, 1.807) is 0 Å². The summed E-state index contributed by atoms with van der Waals surface area (Å²) in [5, 5.41) is 0.462. The maximum atomic E-state index is 12.7. The topological polar surface area (TPSA) is 42.9 Å². The van der Waals surface area contributed by atoms with Gasteiger partial charge in [-0.3, -0.25) is 4.79 Å². The molecule has 0 N–H and O–H groups in total. The van der Waals surface area contributed by atoms with Crippen LogP contribution in [0.25, 0.3) is 0 Å². The molecule has 0 aliphatic heterocycles. The Balaban J connectivity index is 1.96. The van der Waals surface area contributed by atoms with E-state index in [1.165, 1.54) is 36.7 Å². The fourth-order valence-electron chi connectivity index (χ4n) is 1.47. The van der Waals surface area contributed by atoms with Crippen molar-refractivity contribution >= 4 is 17.4 Å². The molecule has 18 heavy (non-hydrogen) atoms. The number of hydrogen-bond acceptors (Lipinski definition) is 3. The number of benzene rings is 1. The van der Waals surface area contributed by atoms with Crippen LogP contribution < -0.4 is 0 Å². The van der Waals surface area contributed by atoms with Gasteiger partial charge in [0.25, 0.3) is 0 Å². The van der Waals surface area contributed by atoms with E-state index in [-0.39, 0.29) is 18.0 Å². The van der Waals surface area contributed by atoms with Gasteiger partial charge in [-0.15, -0.1) is 0 Å². The summed E-state index contributed by atoms with van der Waals surface area (Å²) >= 11 is 5.66. The van der Waals surface area contributed by atoms with E-state index in [0.29, 0.717) is 22.8 Å². The number of hydrogen-bond donors (Lipinski definition) is 0. The first-order chi connectivity index (χ1) is 8.65. The van der Waals surface area contributed by atoms with Crippen LogP contribution in [-0.4, -0.2) is 15.8 Å². The average Bonchev–Trinajstić information content (AvgIpc) is 2.38. The van der Waals surface area contributed by atoms with E-state index >= 15 is 0 Å². The number of carbonyl (C=O) groups is 1. The van der Waals surface area contributed by atoms with Crippen LogP contribution in [0.15, 0.2) is 36.7 Å². The zero-order valence-electron chi connectivity index (χ0n) is 9.44. The van der Waals surface area contributed by atoms with Crippen LogP contribution in [0.5, 0.6) is 0 Å². The zero-order chi connectivity index (χ0) is 13.0. The minimum absolute atomic E-state index is 0.0615. The summed E-state index contributed by atoms with van der Waals surface area (Å²) in [6, 6.07) is 5.48. The molecular weight excluding hydrogens is 255 g/mol. The third kappa shape index (κ3) is 3.34. The molecule has 0 saturated heterocycles. The summed E-state index contributed by atoms with van der Waals surface area (Å²) in [5.41, 5.74) is 0.491.